The van der Waals surface area contributed by atoms with Crippen molar-refractivity contribution in [3.05, 3.63) is 90.0 Å². The van der Waals surface area contributed by atoms with Crippen molar-refractivity contribution in [2.75, 3.05) is 0 Å². The number of aryl methyl sites for hydroxylation is 2. The summed E-state index contributed by atoms with van der Waals surface area (Å²) in [7, 11) is 0. The monoisotopic (exact) mass is 380 g/mol. The molecule has 0 radical (unpaired) electrons. The molecule has 0 aliphatic carbocycles. The molecule has 142 valence electrons. The number of phenolic OH excluding ortho intramolecular Hbond substituents is 1. The lowest BCUT2D eigenvalue weighted by molar-refractivity contribution is 0.483. The first-order chi connectivity index (χ1) is 14.1. The molecule has 5 nitrogen and oxygen atoms in total. The highest BCUT2D eigenvalue weighted by atomic mass is 16.3. The summed E-state index contributed by atoms with van der Waals surface area (Å²) in [6.45, 7) is 3.94. The van der Waals surface area contributed by atoms with E-state index in [1.54, 1.807) is 0 Å². The molecule has 0 amide bonds. The van der Waals surface area contributed by atoms with Crippen LogP contribution in [0, 0.1) is 13.8 Å². The van der Waals surface area contributed by atoms with Gasteiger partial charge in [-0.15, -0.1) is 10.2 Å². The molecule has 0 spiro atoms. The van der Waals surface area contributed by atoms with Gasteiger partial charge < -0.3 is 5.11 Å². The molecule has 0 aromatic heterocycles. The molecule has 0 atom stereocenters. The molecule has 4 aromatic rings. The molecule has 5 heteroatoms. The van der Waals surface area contributed by atoms with Gasteiger partial charge >= 0.3 is 0 Å². The van der Waals surface area contributed by atoms with E-state index in [-0.39, 0.29) is 5.75 Å². The Bertz CT molecular complexity index is 1240. The summed E-state index contributed by atoms with van der Waals surface area (Å²) in [6, 6.07) is 24.9. The van der Waals surface area contributed by atoms with Crippen molar-refractivity contribution in [1.82, 2.24) is 0 Å². The maximum atomic E-state index is 10.9. The quantitative estimate of drug-likeness (QED) is 0.358. The van der Waals surface area contributed by atoms with Crippen LogP contribution in [0.25, 0.3) is 10.8 Å². The lowest BCUT2D eigenvalue weighted by Gasteiger charge is -2.07. The van der Waals surface area contributed by atoms with Crippen LogP contribution in [0.1, 0.15) is 11.1 Å². The summed E-state index contributed by atoms with van der Waals surface area (Å²) < 4.78 is 0. The zero-order chi connectivity index (χ0) is 20.2. The molecule has 1 N–H and O–H groups in total. The van der Waals surface area contributed by atoms with E-state index in [1.165, 1.54) is 0 Å². The number of phenols is 1. The predicted octanol–water partition coefficient (Wildman–Crippen LogP) is 7.99. The Labute approximate surface area is 169 Å². The molecule has 4 rings (SSSR count). The second-order valence-electron chi connectivity index (χ2n) is 6.79. The van der Waals surface area contributed by atoms with Gasteiger partial charge in [0.15, 0.2) is 11.4 Å². The van der Waals surface area contributed by atoms with E-state index in [2.05, 4.69) is 20.5 Å². The van der Waals surface area contributed by atoms with E-state index in [0.29, 0.717) is 16.8 Å². The summed E-state index contributed by atoms with van der Waals surface area (Å²) in [5, 5.41) is 29.9. The van der Waals surface area contributed by atoms with Crippen molar-refractivity contribution in [2.45, 2.75) is 13.8 Å². The van der Waals surface area contributed by atoms with Crippen molar-refractivity contribution in [3.63, 3.8) is 0 Å². The van der Waals surface area contributed by atoms with E-state index in [9.17, 15) is 5.11 Å². The summed E-state index contributed by atoms with van der Waals surface area (Å²) in [6.07, 6.45) is 0. The third kappa shape index (κ3) is 3.89. The summed E-state index contributed by atoms with van der Waals surface area (Å²) in [4.78, 5) is 0. The minimum absolute atomic E-state index is 0.0409. The van der Waals surface area contributed by atoms with Gasteiger partial charge in [0.2, 0.25) is 0 Å². The highest BCUT2D eigenvalue weighted by Gasteiger charge is 2.13. The molecule has 0 aliphatic heterocycles. The zero-order valence-corrected chi connectivity index (χ0v) is 16.2. The fraction of sp³-hybridized carbons (Fsp3) is 0.0833. The number of benzene rings is 4. The van der Waals surface area contributed by atoms with Gasteiger partial charge in [0.25, 0.3) is 0 Å². The Morgan fingerprint density at radius 1 is 0.586 bits per heavy atom. The van der Waals surface area contributed by atoms with Crippen LogP contribution in [-0.2, 0) is 0 Å². The van der Waals surface area contributed by atoms with Crippen molar-refractivity contribution >= 4 is 33.5 Å². The van der Waals surface area contributed by atoms with Crippen molar-refractivity contribution in [2.24, 2.45) is 20.5 Å². The number of fused-ring (bicyclic) bond motifs is 1. The standard InChI is InChI=1S/C24H20N4O/c1-16-9-3-7-13-20(16)25-27-22-15-18-11-5-6-12-19(18)24(29)23(22)28-26-21-14-8-4-10-17(21)2/h3-15,29H,1-2H3. The third-order valence-electron chi connectivity index (χ3n) is 4.73. The molecule has 0 saturated carbocycles. The molecule has 0 unspecified atom stereocenters. The Hall–Kier alpha value is -3.86. The largest absolute Gasteiger partial charge is 0.505 e. The van der Waals surface area contributed by atoms with E-state index >= 15 is 0 Å². The Morgan fingerprint density at radius 2 is 1.10 bits per heavy atom. The number of nitrogens with zero attached hydrogens (tertiary/aromatic N) is 4. The Kier molecular flexibility index (Phi) is 5.12. The number of aromatic hydroxyl groups is 1. The van der Waals surface area contributed by atoms with Gasteiger partial charge in [-0.1, -0.05) is 60.7 Å². The Morgan fingerprint density at radius 3 is 1.76 bits per heavy atom. The van der Waals surface area contributed by atoms with Crippen LogP contribution in [0.5, 0.6) is 5.75 Å². The first-order valence-electron chi connectivity index (χ1n) is 9.33. The van der Waals surface area contributed by atoms with Gasteiger partial charge in [-0.05, 0) is 48.6 Å². The molecule has 4 aromatic carbocycles. The zero-order valence-electron chi connectivity index (χ0n) is 16.2. The van der Waals surface area contributed by atoms with Crippen LogP contribution >= 0.6 is 0 Å². The lowest BCUT2D eigenvalue weighted by Crippen LogP contribution is -1.78. The minimum atomic E-state index is 0.0409. The average Bonchev–Trinajstić information content (AvgIpc) is 2.74. The normalized spacial score (nSPS) is 11.7. The number of hydrogen-bond acceptors (Lipinski definition) is 5. The molecule has 0 heterocycles. The molecular formula is C24H20N4O. The van der Waals surface area contributed by atoms with Crippen LogP contribution < -0.4 is 0 Å². The average molecular weight is 380 g/mol. The van der Waals surface area contributed by atoms with Crippen molar-refractivity contribution in [3.8, 4) is 5.75 Å². The maximum absolute atomic E-state index is 10.9. The molecule has 0 bridgehead atoms. The van der Waals surface area contributed by atoms with Gasteiger partial charge in [-0.25, -0.2) is 0 Å². The van der Waals surface area contributed by atoms with E-state index in [0.717, 1.165) is 27.9 Å². The highest BCUT2D eigenvalue weighted by Crippen LogP contribution is 2.44. The highest BCUT2D eigenvalue weighted by molar-refractivity contribution is 5.97. The molecule has 0 saturated heterocycles. The fourth-order valence-electron chi connectivity index (χ4n) is 3.04. The van der Waals surface area contributed by atoms with E-state index in [4.69, 9.17) is 0 Å². The van der Waals surface area contributed by atoms with Gasteiger partial charge in [0.1, 0.15) is 5.69 Å². The lowest BCUT2D eigenvalue weighted by atomic mass is 10.1. The van der Waals surface area contributed by atoms with Gasteiger partial charge in [0.05, 0.1) is 11.4 Å². The Balaban J connectivity index is 1.85. The van der Waals surface area contributed by atoms with Gasteiger partial charge in [0, 0.05) is 5.39 Å². The molecule has 0 aliphatic rings. The van der Waals surface area contributed by atoms with Gasteiger partial charge in [-0.2, -0.15) is 10.2 Å². The second-order valence-corrected chi connectivity index (χ2v) is 6.79. The second kappa shape index (κ2) is 8.02. The molecule has 0 fully saturated rings. The van der Waals surface area contributed by atoms with E-state index in [1.807, 2.05) is 92.7 Å². The topological polar surface area (TPSA) is 69.7 Å². The summed E-state index contributed by atoms with van der Waals surface area (Å²) in [5.41, 5.74) is 4.28. The fourth-order valence-corrected chi connectivity index (χ4v) is 3.04. The molecule has 29 heavy (non-hydrogen) atoms. The molecular weight excluding hydrogens is 360 g/mol. The van der Waals surface area contributed by atoms with Crippen molar-refractivity contribution in [1.29, 1.82) is 0 Å². The SMILES string of the molecule is Cc1ccccc1N=Nc1cc2ccccc2c(O)c1N=Nc1ccccc1C. The number of azo groups is 2. The first-order valence-corrected chi connectivity index (χ1v) is 9.33. The van der Waals surface area contributed by atoms with Crippen LogP contribution in [0.15, 0.2) is 99.3 Å². The van der Waals surface area contributed by atoms with E-state index < -0.39 is 0 Å². The van der Waals surface area contributed by atoms with Gasteiger partial charge in [-0.3, -0.25) is 0 Å². The van der Waals surface area contributed by atoms with Crippen LogP contribution in [0.2, 0.25) is 0 Å². The smallest absolute Gasteiger partial charge is 0.155 e. The predicted molar refractivity (Wildman–Crippen MR) is 116 cm³/mol. The summed E-state index contributed by atoms with van der Waals surface area (Å²) >= 11 is 0. The first kappa shape index (κ1) is 18.5. The third-order valence-corrected chi connectivity index (χ3v) is 4.73. The number of rotatable bonds is 4. The van der Waals surface area contributed by atoms with Crippen LogP contribution in [-0.4, -0.2) is 5.11 Å². The van der Waals surface area contributed by atoms with Crippen LogP contribution in [0.3, 0.4) is 0 Å². The van der Waals surface area contributed by atoms with Crippen molar-refractivity contribution < 1.29 is 5.11 Å². The number of hydrogen-bond donors (Lipinski definition) is 1. The minimum Gasteiger partial charge on any atom is -0.505 e. The summed E-state index contributed by atoms with van der Waals surface area (Å²) in [5.74, 6) is 0.0409. The van der Waals surface area contributed by atoms with Crippen LogP contribution in [0.4, 0.5) is 22.7 Å². The maximum Gasteiger partial charge on any atom is 0.155 e.